The number of nitrogens with zero attached hydrogens (tertiary/aromatic N) is 2. The quantitative estimate of drug-likeness (QED) is 0.281. The summed E-state index contributed by atoms with van der Waals surface area (Å²) >= 11 is 3.54. The van der Waals surface area contributed by atoms with Crippen LogP contribution in [-0.2, 0) is 0 Å². The van der Waals surface area contributed by atoms with Crippen LogP contribution in [0.2, 0.25) is 0 Å². The van der Waals surface area contributed by atoms with Gasteiger partial charge in [0.05, 0.1) is 18.3 Å². The third kappa shape index (κ3) is 5.30. The minimum atomic E-state index is -0.490. The molecule has 2 aromatic heterocycles. The van der Waals surface area contributed by atoms with Gasteiger partial charge in [-0.3, -0.25) is 4.79 Å². The van der Waals surface area contributed by atoms with Crippen molar-refractivity contribution in [3.05, 3.63) is 93.8 Å². The molecule has 4 N–H and O–H groups in total. The van der Waals surface area contributed by atoms with Crippen molar-refractivity contribution in [1.82, 2.24) is 20.3 Å². The second-order valence-electron chi connectivity index (χ2n) is 7.74. The van der Waals surface area contributed by atoms with Crippen molar-refractivity contribution >= 4 is 33.5 Å². The molecule has 8 heteroatoms. The molecule has 168 valence electrons. The molecule has 7 nitrogen and oxygen atoms in total. The standard InChI is InChI=1S/C25H24BrN5O2/c1-15-8-9-19(11-20(15)26)29-25-28-12-16(2)23(31-25)18-10-21(27-13-18)24(33)30-22(14-32)17-6-4-3-5-7-17/h3-13,22,27,32H,14H2,1-2H3,(H,30,33)(H,28,29,31)/t22-/m1/s1. The Balaban J connectivity index is 1.53. The van der Waals surface area contributed by atoms with Gasteiger partial charge in [0.25, 0.3) is 5.91 Å². The Bertz CT molecular complexity index is 1270. The lowest BCUT2D eigenvalue weighted by Gasteiger charge is -2.16. The van der Waals surface area contributed by atoms with Gasteiger partial charge in [0.15, 0.2) is 0 Å². The number of amides is 1. The Kier molecular flexibility index (Phi) is 6.86. The van der Waals surface area contributed by atoms with Crippen LogP contribution in [0.3, 0.4) is 0 Å². The number of aromatic nitrogens is 3. The maximum Gasteiger partial charge on any atom is 0.268 e. The van der Waals surface area contributed by atoms with Crippen molar-refractivity contribution in [2.45, 2.75) is 19.9 Å². The Hall–Kier alpha value is -3.49. The van der Waals surface area contributed by atoms with Crippen LogP contribution in [0, 0.1) is 13.8 Å². The molecule has 0 aliphatic carbocycles. The van der Waals surface area contributed by atoms with E-state index in [4.69, 9.17) is 0 Å². The molecule has 0 saturated heterocycles. The summed E-state index contributed by atoms with van der Waals surface area (Å²) < 4.78 is 0.998. The molecular weight excluding hydrogens is 482 g/mol. The summed E-state index contributed by atoms with van der Waals surface area (Å²) in [4.78, 5) is 24.8. The van der Waals surface area contributed by atoms with Crippen LogP contribution in [0.1, 0.15) is 33.2 Å². The number of halogens is 1. The van der Waals surface area contributed by atoms with E-state index in [1.807, 2.05) is 62.4 Å². The topological polar surface area (TPSA) is 103 Å². The summed E-state index contributed by atoms with van der Waals surface area (Å²) in [5.74, 6) is 0.154. The number of H-pyrrole nitrogens is 1. The van der Waals surface area contributed by atoms with E-state index in [-0.39, 0.29) is 12.5 Å². The van der Waals surface area contributed by atoms with Gasteiger partial charge in [0, 0.05) is 28.1 Å². The number of aliphatic hydroxyl groups is 1. The SMILES string of the molecule is Cc1ccc(Nc2ncc(C)c(-c3c[nH]c(C(=O)N[C@H](CO)c4ccccc4)c3)n2)cc1Br. The zero-order valence-electron chi connectivity index (χ0n) is 18.3. The fraction of sp³-hybridized carbons (Fsp3) is 0.160. The van der Waals surface area contributed by atoms with Crippen molar-refractivity contribution in [3.8, 4) is 11.3 Å². The summed E-state index contributed by atoms with van der Waals surface area (Å²) in [7, 11) is 0. The fourth-order valence-corrected chi connectivity index (χ4v) is 3.79. The molecule has 4 rings (SSSR count). The predicted molar refractivity (Wildman–Crippen MR) is 132 cm³/mol. The number of aromatic amines is 1. The van der Waals surface area contributed by atoms with Crippen molar-refractivity contribution in [3.63, 3.8) is 0 Å². The molecule has 0 unspecified atom stereocenters. The second kappa shape index (κ2) is 9.97. The Morgan fingerprint density at radius 2 is 1.91 bits per heavy atom. The average molecular weight is 506 g/mol. The zero-order valence-corrected chi connectivity index (χ0v) is 19.8. The molecule has 0 fully saturated rings. The van der Waals surface area contributed by atoms with E-state index < -0.39 is 6.04 Å². The van der Waals surface area contributed by atoms with Gasteiger partial charge in [-0.25, -0.2) is 9.97 Å². The first-order valence-corrected chi connectivity index (χ1v) is 11.3. The molecule has 1 atom stereocenters. The minimum absolute atomic E-state index is 0.196. The Morgan fingerprint density at radius 1 is 1.12 bits per heavy atom. The third-order valence-corrected chi connectivity index (χ3v) is 6.14. The number of hydrogen-bond donors (Lipinski definition) is 4. The number of carbonyl (C=O) groups is 1. The molecule has 2 heterocycles. The maximum atomic E-state index is 12.8. The molecule has 0 aliphatic heterocycles. The lowest BCUT2D eigenvalue weighted by Crippen LogP contribution is -2.30. The number of hydrogen-bond acceptors (Lipinski definition) is 5. The first-order chi connectivity index (χ1) is 15.9. The number of nitrogens with one attached hydrogen (secondary N) is 3. The van der Waals surface area contributed by atoms with Crippen LogP contribution in [0.25, 0.3) is 11.3 Å². The van der Waals surface area contributed by atoms with E-state index in [9.17, 15) is 9.90 Å². The third-order valence-electron chi connectivity index (χ3n) is 5.29. The van der Waals surface area contributed by atoms with Gasteiger partial charge in [-0.05, 0) is 48.7 Å². The molecule has 2 aromatic carbocycles. The molecule has 0 bridgehead atoms. The summed E-state index contributed by atoms with van der Waals surface area (Å²) in [6.45, 7) is 3.75. The zero-order chi connectivity index (χ0) is 23.4. The van der Waals surface area contributed by atoms with Crippen molar-refractivity contribution in [1.29, 1.82) is 0 Å². The van der Waals surface area contributed by atoms with E-state index in [0.29, 0.717) is 11.6 Å². The molecule has 0 spiro atoms. The molecule has 0 saturated carbocycles. The number of aryl methyl sites for hydroxylation is 2. The van der Waals surface area contributed by atoms with E-state index in [2.05, 4.69) is 41.5 Å². The summed E-state index contributed by atoms with van der Waals surface area (Å²) in [5.41, 5.74) is 5.60. The highest BCUT2D eigenvalue weighted by Crippen LogP contribution is 2.26. The van der Waals surface area contributed by atoms with Crippen LogP contribution in [0.4, 0.5) is 11.6 Å². The van der Waals surface area contributed by atoms with Gasteiger partial charge in [0.1, 0.15) is 5.69 Å². The number of benzene rings is 2. The van der Waals surface area contributed by atoms with Gasteiger partial charge in [-0.2, -0.15) is 0 Å². The van der Waals surface area contributed by atoms with Gasteiger partial charge in [-0.1, -0.05) is 52.3 Å². The smallest absolute Gasteiger partial charge is 0.268 e. The molecule has 33 heavy (non-hydrogen) atoms. The lowest BCUT2D eigenvalue weighted by molar-refractivity contribution is 0.0912. The number of anilines is 2. The van der Waals surface area contributed by atoms with Crippen LogP contribution >= 0.6 is 15.9 Å². The van der Waals surface area contributed by atoms with Crippen molar-refractivity contribution < 1.29 is 9.90 Å². The van der Waals surface area contributed by atoms with Crippen LogP contribution in [0.5, 0.6) is 0 Å². The minimum Gasteiger partial charge on any atom is -0.394 e. The van der Waals surface area contributed by atoms with Gasteiger partial charge in [0.2, 0.25) is 5.95 Å². The fourth-order valence-electron chi connectivity index (χ4n) is 3.41. The van der Waals surface area contributed by atoms with E-state index in [1.54, 1.807) is 18.5 Å². The monoisotopic (exact) mass is 505 g/mol. The molecule has 4 aromatic rings. The molecule has 0 radical (unpaired) electrons. The first-order valence-electron chi connectivity index (χ1n) is 10.5. The summed E-state index contributed by atoms with van der Waals surface area (Å²) in [6.07, 6.45) is 3.49. The van der Waals surface area contributed by atoms with Crippen molar-refractivity contribution in [2.24, 2.45) is 0 Å². The van der Waals surface area contributed by atoms with Gasteiger partial charge < -0.3 is 20.7 Å². The van der Waals surface area contributed by atoms with Crippen LogP contribution in [-0.4, -0.2) is 32.6 Å². The molecule has 0 aliphatic rings. The van der Waals surface area contributed by atoms with E-state index >= 15 is 0 Å². The Labute approximate surface area is 200 Å². The molecular formula is C25H24BrN5O2. The second-order valence-corrected chi connectivity index (χ2v) is 8.59. The lowest BCUT2D eigenvalue weighted by atomic mass is 10.1. The highest BCUT2D eigenvalue weighted by molar-refractivity contribution is 9.10. The van der Waals surface area contributed by atoms with Gasteiger partial charge in [-0.15, -0.1) is 0 Å². The Morgan fingerprint density at radius 3 is 2.64 bits per heavy atom. The van der Waals surface area contributed by atoms with E-state index in [1.165, 1.54) is 0 Å². The normalized spacial score (nSPS) is 11.8. The number of carbonyl (C=O) groups excluding carboxylic acids is 1. The number of aliphatic hydroxyl groups excluding tert-OH is 1. The van der Waals surface area contributed by atoms with Crippen molar-refractivity contribution in [2.75, 3.05) is 11.9 Å². The highest BCUT2D eigenvalue weighted by Gasteiger charge is 2.17. The predicted octanol–water partition coefficient (Wildman–Crippen LogP) is 5.06. The average Bonchev–Trinajstić information content (AvgIpc) is 3.32. The highest BCUT2D eigenvalue weighted by atomic mass is 79.9. The molecule has 1 amide bonds. The summed E-state index contributed by atoms with van der Waals surface area (Å²) in [6, 6.07) is 16.6. The van der Waals surface area contributed by atoms with E-state index in [0.717, 1.165) is 38.1 Å². The van der Waals surface area contributed by atoms with Crippen LogP contribution in [0.15, 0.2) is 71.5 Å². The first kappa shape index (κ1) is 22.7. The van der Waals surface area contributed by atoms with Gasteiger partial charge >= 0.3 is 0 Å². The number of rotatable bonds is 7. The maximum absolute atomic E-state index is 12.8. The largest absolute Gasteiger partial charge is 0.394 e. The summed E-state index contributed by atoms with van der Waals surface area (Å²) in [5, 5.41) is 15.8. The van der Waals surface area contributed by atoms with Crippen LogP contribution < -0.4 is 10.6 Å².